The molecule has 0 fully saturated rings. The number of hydrazone groups is 1. The molecule has 0 N–H and O–H groups in total. The molecule has 1 heterocycles. The molecule has 1 aliphatic rings. The quantitative estimate of drug-likeness (QED) is 0.506. The first-order valence-corrected chi connectivity index (χ1v) is 9.36. The fourth-order valence-corrected chi connectivity index (χ4v) is 3.44. The minimum Gasteiger partial charge on any atom is -0.493 e. The SMILES string of the molecule is C#CCOc1c(Br)cc(/C=C2/C(=O)N(c3cccc(C)c3)N=C2C)cc1OC. The predicted octanol–water partition coefficient (Wildman–Crippen LogP) is 4.58. The van der Waals surface area contributed by atoms with Crippen LogP contribution in [0.25, 0.3) is 6.08 Å². The number of terminal acetylenes is 1. The maximum atomic E-state index is 12.9. The van der Waals surface area contributed by atoms with Crippen molar-refractivity contribution in [1.29, 1.82) is 0 Å². The van der Waals surface area contributed by atoms with Gasteiger partial charge in [-0.15, -0.1) is 6.42 Å². The van der Waals surface area contributed by atoms with E-state index in [0.29, 0.717) is 27.3 Å². The van der Waals surface area contributed by atoms with Crippen molar-refractivity contribution in [2.24, 2.45) is 5.10 Å². The number of ether oxygens (including phenoxy) is 2. The number of methoxy groups -OCH3 is 1. The number of halogens is 1. The Balaban J connectivity index is 1.96. The third-order valence-corrected chi connectivity index (χ3v) is 4.76. The first-order chi connectivity index (χ1) is 13.4. The lowest BCUT2D eigenvalue weighted by Gasteiger charge is -2.13. The Kier molecular flexibility index (Phi) is 5.86. The van der Waals surface area contributed by atoms with Crippen molar-refractivity contribution < 1.29 is 14.3 Å². The maximum absolute atomic E-state index is 12.9. The van der Waals surface area contributed by atoms with Gasteiger partial charge in [0.05, 0.1) is 28.6 Å². The van der Waals surface area contributed by atoms with Gasteiger partial charge in [-0.05, 0) is 71.2 Å². The molecule has 0 aromatic heterocycles. The first kappa shape index (κ1) is 19.7. The van der Waals surface area contributed by atoms with Gasteiger partial charge < -0.3 is 9.47 Å². The van der Waals surface area contributed by atoms with Crippen LogP contribution in [0.4, 0.5) is 5.69 Å². The van der Waals surface area contributed by atoms with E-state index in [9.17, 15) is 4.79 Å². The Morgan fingerprint density at radius 3 is 2.75 bits per heavy atom. The van der Waals surface area contributed by atoms with E-state index in [1.54, 1.807) is 19.3 Å². The molecule has 142 valence electrons. The van der Waals surface area contributed by atoms with E-state index < -0.39 is 0 Å². The highest BCUT2D eigenvalue weighted by atomic mass is 79.9. The summed E-state index contributed by atoms with van der Waals surface area (Å²) in [5, 5.41) is 5.85. The van der Waals surface area contributed by atoms with Crippen LogP contribution < -0.4 is 14.5 Å². The Morgan fingerprint density at radius 1 is 1.29 bits per heavy atom. The van der Waals surface area contributed by atoms with Crippen molar-refractivity contribution in [3.05, 3.63) is 57.6 Å². The molecule has 28 heavy (non-hydrogen) atoms. The van der Waals surface area contributed by atoms with Gasteiger partial charge in [-0.2, -0.15) is 10.1 Å². The van der Waals surface area contributed by atoms with Crippen LogP contribution in [0.3, 0.4) is 0 Å². The summed E-state index contributed by atoms with van der Waals surface area (Å²) in [6.45, 7) is 3.92. The lowest BCUT2D eigenvalue weighted by molar-refractivity contribution is -0.114. The molecule has 1 aliphatic heterocycles. The zero-order chi connectivity index (χ0) is 20.3. The molecule has 0 unspecified atom stereocenters. The topological polar surface area (TPSA) is 51.1 Å². The van der Waals surface area contributed by atoms with Gasteiger partial charge in [0.2, 0.25) is 0 Å². The normalized spacial score (nSPS) is 14.8. The number of benzene rings is 2. The number of rotatable bonds is 5. The highest BCUT2D eigenvalue weighted by molar-refractivity contribution is 9.10. The summed E-state index contributed by atoms with van der Waals surface area (Å²) in [7, 11) is 1.55. The average Bonchev–Trinajstić information content (AvgIpc) is 2.95. The smallest absolute Gasteiger partial charge is 0.280 e. The van der Waals surface area contributed by atoms with Gasteiger partial charge in [-0.3, -0.25) is 4.79 Å². The second-order valence-corrected chi connectivity index (χ2v) is 7.08. The summed E-state index contributed by atoms with van der Waals surface area (Å²) in [4.78, 5) is 12.9. The van der Waals surface area contributed by atoms with Gasteiger partial charge in [0.15, 0.2) is 11.5 Å². The lowest BCUT2D eigenvalue weighted by Crippen LogP contribution is -2.21. The van der Waals surface area contributed by atoms with Crippen molar-refractivity contribution in [3.8, 4) is 23.8 Å². The average molecular weight is 439 g/mol. The van der Waals surface area contributed by atoms with Crippen LogP contribution >= 0.6 is 15.9 Å². The van der Waals surface area contributed by atoms with Crippen LogP contribution in [0, 0.1) is 19.3 Å². The highest BCUT2D eigenvalue weighted by Gasteiger charge is 2.29. The summed E-state index contributed by atoms with van der Waals surface area (Å²) in [5.41, 5.74) is 3.75. The molecule has 3 rings (SSSR count). The van der Waals surface area contributed by atoms with Crippen LogP contribution in [-0.4, -0.2) is 25.3 Å². The fourth-order valence-electron chi connectivity index (χ4n) is 2.86. The highest BCUT2D eigenvalue weighted by Crippen LogP contribution is 2.37. The van der Waals surface area contributed by atoms with E-state index in [2.05, 4.69) is 27.0 Å². The standard InChI is InChI=1S/C22H19BrN2O3/c1-5-9-28-21-19(23)12-16(13-20(21)27-4)11-18-15(3)24-25(22(18)26)17-8-6-7-14(2)10-17/h1,6-8,10-13H,9H2,2-4H3/b18-11+. The predicted molar refractivity (Wildman–Crippen MR) is 115 cm³/mol. The minimum atomic E-state index is -0.175. The number of anilines is 1. The number of hydrogen-bond donors (Lipinski definition) is 0. The van der Waals surface area contributed by atoms with E-state index in [1.165, 1.54) is 5.01 Å². The third kappa shape index (κ3) is 3.95. The molecule has 0 atom stereocenters. The lowest BCUT2D eigenvalue weighted by atomic mass is 10.1. The first-order valence-electron chi connectivity index (χ1n) is 8.56. The van der Waals surface area contributed by atoms with Crippen LogP contribution in [0.5, 0.6) is 11.5 Å². The van der Waals surface area contributed by atoms with E-state index in [4.69, 9.17) is 15.9 Å². The molecule has 0 bridgehead atoms. The number of amides is 1. The van der Waals surface area contributed by atoms with Crippen LogP contribution in [0.1, 0.15) is 18.1 Å². The Morgan fingerprint density at radius 2 is 2.07 bits per heavy atom. The maximum Gasteiger partial charge on any atom is 0.280 e. The van der Waals surface area contributed by atoms with Gasteiger partial charge in [0.25, 0.3) is 5.91 Å². The van der Waals surface area contributed by atoms with E-state index in [-0.39, 0.29) is 12.5 Å². The summed E-state index contributed by atoms with van der Waals surface area (Å²) in [5.74, 6) is 3.29. The van der Waals surface area contributed by atoms with Crippen molar-refractivity contribution in [1.82, 2.24) is 0 Å². The molecule has 0 aliphatic carbocycles. The van der Waals surface area contributed by atoms with Crippen LogP contribution in [0.15, 0.2) is 51.5 Å². The summed E-state index contributed by atoms with van der Waals surface area (Å²) >= 11 is 3.48. The van der Waals surface area contributed by atoms with Crippen molar-refractivity contribution >= 4 is 39.3 Å². The Bertz CT molecular complexity index is 1030. The van der Waals surface area contributed by atoms with Gasteiger partial charge in [-0.25, -0.2) is 0 Å². The number of carbonyl (C=O) groups is 1. The largest absolute Gasteiger partial charge is 0.493 e. The molecular weight excluding hydrogens is 420 g/mol. The molecular formula is C22H19BrN2O3. The van der Waals surface area contributed by atoms with Crippen molar-refractivity contribution in [2.75, 3.05) is 18.7 Å². The monoisotopic (exact) mass is 438 g/mol. The second kappa shape index (κ2) is 8.32. The Labute approximate surface area is 172 Å². The fraction of sp³-hybridized carbons (Fsp3) is 0.182. The molecule has 5 nitrogen and oxygen atoms in total. The molecule has 0 saturated carbocycles. The zero-order valence-corrected chi connectivity index (χ0v) is 17.4. The number of aryl methyl sites for hydroxylation is 1. The molecule has 0 saturated heterocycles. The molecule has 0 radical (unpaired) electrons. The molecule has 2 aromatic carbocycles. The van der Waals surface area contributed by atoms with Crippen LogP contribution in [0.2, 0.25) is 0 Å². The molecule has 0 spiro atoms. The Hall–Kier alpha value is -3.04. The third-order valence-electron chi connectivity index (χ3n) is 4.17. The van der Waals surface area contributed by atoms with Crippen LogP contribution in [-0.2, 0) is 4.79 Å². The van der Waals surface area contributed by atoms with Gasteiger partial charge in [-0.1, -0.05) is 18.1 Å². The number of hydrogen-bond acceptors (Lipinski definition) is 4. The summed E-state index contributed by atoms with van der Waals surface area (Å²) < 4.78 is 11.6. The molecule has 2 aromatic rings. The number of nitrogens with zero attached hydrogens (tertiary/aromatic N) is 2. The summed E-state index contributed by atoms with van der Waals surface area (Å²) in [6.07, 6.45) is 7.05. The van der Waals surface area contributed by atoms with Gasteiger partial charge >= 0.3 is 0 Å². The summed E-state index contributed by atoms with van der Waals surface area (Å²) in [6, 6.07) is 11.3. The minimum absolute atomic E-state index is 0.130. The van der Waals surface area contributed by atoms with E-state index >= 15 is 0 Å². The van der Waals surface area contributed by atoms with Gasteiger partial charge in [0.1, 0.15) is 6.61 Å². The zero-order valence-electron chi connectivity index (χ0n) is 15.8. The van der Waals surface area contributed by atoms with Crippen molar-refractivity contribution in [2.45, 2.75) is 13.8 Å². The second-order valence-electron chi connectivity index (χ2n) is 6.23. The number of carbonyl (C=O) groups excluding carboxylic acids is 1. The van der Waals surface area contributed by atoms with E-state index in [0.717, 1.165) is 16.8 Å². The molecule has 1 amide bonds. The van der Waals surface area contributed by atoms with Gasteiger partial charge in [0, 0.05) is 0 Å². The molecule has 6 heteroatoms. The van der Waals surface area contributed by atoms with E-state index in [1.807, 2.05) is 44.2 Å². The van der Waals surface area contributed by atoms with Crippen molar-refractivity contribution in [3.63, 3.8) is 0 Å².